The number of thioether (sulfide) groups is 1. The van der Waals surface area contributed by atoms with Crippen LogP contribution in [0, 0.1) is 0 Å². The highest BCUT2D eigenvalue weighted by Crippen LogP contribution is 2.25. The molecule has 3 aromatic heterocycles. The summed E-state index contributed by atoms with van der Waals surface area (Å²) in [4.78, 5) is 29.0. The molecule has 8 nitrogen and oxygen atoms in total. The topological polar surface area (TPSA) is 110 Å². The van der Waals surface area contributed by atoms with Gasteiger partial charge in [0.2, 0.25) is 11.8 Å². The first kappa shape index (κ1) is 18.6. The van der Waals surface area contributed by atoms with E-state index in [9.17, 15) is 9.59 Å². The maximum atomic E-state index is 12.1. The summed E-state index contributed by atoms with van der Waals surface area (Å²) in [6, 6.07) is 11.2. The Balaban J connectivity index is 1.25. The van der Waals surface area contributed by atoms with E-state index in [2.05, 4.69) is 25.8 Å². The van der Waals surface area contributed by atoms with Crippen LogP contribution in [0.4, 0.5) is 5.13 Å². The summed E-state index contributed by atoms with van der Waals surface area (Å²) in [5.74, 6) is -0.0227. The van der Waals surface area contributed by atoms with Crippen molar-refractivity contribution in [1.82, 2.24) is 20.5 Å². The highest BCUT2D eigenvalue weighted by atomic mass is 32.2. The molecule has 0 aliphatic rings. The number of thiophene rings is 1. The van der Waals surface area contributed by atoms with Gasteiger partial charge in [-0.3, -0.25) is 9.59 Å². The number of thiazole rings is 1. The molecule has 0 spiro atoms. The van der Waals surface area contributed by atoms with Crippen molar-refractivity contribution >= 4 is 61.6 Å². The van der Waals surface area contributed by atoms with Crippen LogP contribution in [-0.4, -0.2) is 32.7 Å². The van der Waals surface area contributed by atoms with Crippen molar-refractivity contribution in [2.45, 2.75) is 11.8 Å². The second-order valence-corrected chi connectivity index (χ2v) is 8.35. The molecule has 2 N–H and O–H groups in total. The van der Waals surface area contributed by atoms with Crippen molar-refractivity contribution in [2.75, 3.05) is 11.1 Å². The number of carbonyl (C=O) groups excluding carboxylic acids is 2. The maximum absolute atomic E-state index is 12.1. The minimum Gasteiger partial charge on any atom is -0.414 e. The van der Waals surface area contributed by atoms with Crippen LogP contribution in [0.15, 0.2) is 51.4 Å². The van der Waals surface area contributed by atoms with Crippen LogP contribution in [0.5, 0.6) is 0 Å². The largest absolute Gasteiger partial charge is 0.414 e. The number of aromatic nitrogens is 3. The molecule has 0 fully saturated rings. The number of rotatable bonds is 7. The Hall–Kier alpha value is -2.76. The molecule has 0 unspecified atom stereocenters. The highest BCUT2D eigenvalue weighted by molar-refractivity contribution is 7.99. The van der Waals surface area contributed by atoms with Crippen molar-refractivity contribution < 1.29 is 14.0 Å². The van der Waals surface area contributed by atoms with Crippen molar-refractivity contribution in [3.8, 4) is 0 Å². The van der Waals surface area contributed by atoms with Crippen molar-refractivity contribution in [1.29, 1.82) is 0 Å². The fourth-order valence-corrected chi connectivity index (χ4v) is 4.33. The summed E-state index contributed by atoms with van der Waals surface area (Å²) in [5, 5.41) is 15.9. The number of benzene rings is 1. The van der Waals surface area contributed by atoms with Gasteiger partial charge in [0.25, 0.3) is 11.1 Å². The summed E-state index contributed by atoms with van der Waals surface area (Å²) in [6.07, 6.45) is 0. The monoisotopic (exact) mass is 431 g/mol. The van der Waals surface area contributed by atoms with E-state index in [1.165, 1.54) is 22.7 Å². The van der Waals surface area contributed by atoms with E-state index in [0.29, 0.717) is 10.0 Å². The molecule has 11 heteroatoms. The van der Waals surface area contributed by atoms with Gasteiger partial charge in [-0.1, -0.05) is 41.3 Å². The zero-order valence-corrected chi connectivity index (χ0v) is 16.7. The zero-order chi connectivity index (χ0) is 19.3. The zero-order valence-electron chi connectivity index (χ0n) is 14.2. The quantitative estimate of drug-likeness (QED) is 0.432. The van der Waals surface area contributed by atoms with E-state index in [1.54, 1.807) is 12.1 Å². The standard InChI is InChI=1S/C17H13N5O3S3/c23-13(20-16-19-10-4-1-2-5-11(10)28-16)9-27-17-22-21-14(25-17)8-18-15(24)12-6-3-7-26-12/h1-7H,8-9H2,(H,18,24)(H,19,20,23). The van der Waals surface area contributed by atoms with Crippen LogP contribution in [-0.2, 0) is 11.3 Å². The van der Waals surface area contributed by atoms with Crippen molar-refractivity contribution in [2.24, 2.45) is 0 Å². The second kappa shape index (κ2) is 8.50. The van der Waals surface area contributed by atoms with E-state index in [1.807, 2.05) is 29.6 Å². The average Bonchev–Trinajstić information content (AvgIpc) is 3.44. The molecule has 0 atom stereocenters. The Kier molecular flexibility index (Phi) is 5.65. The van der Waals surface area contributed by atoms with E-state index in [4.69, 9.17) is 4.42 Å². The SMILES string of the molecule is O=C(CSc1nnc(CNC(=O)c2cccs2)o1)Nc1nc2ccccc2s1. The van der Waals surface area contributed by atoms with Crippen molar-refractivity contribution in [3.63, 3.8) is 0 Å². The van der Waals surface area contributed by atoms with Gasteiger partial charge in [0.05, 0.1) is 27.4 Å². The lowest BCUT2D eigenvalue weighted by Gasteiger charge is -1.99. The number of amides is 2. The third kappa shape index (κ3) is 4.55. The molecule has 0 aliphatic heterocycles. The molecule has 0 saturated heterocycles. The van der Waals surface area contributed by atoms with Crippen LogP contribution in [0.1, 0.15) is 15.6 Å². The summed E-state index contributed by atoms with van der Waals surface area (Å²) < 4.78 is 6.45. The number of hydrogen-bond donors (Lipinski definition) is 2. The van der Waals surface area contributed by atoms with Gasteiger partial charge >= 0.3 is 0 Å². The lowest BCUT2D eigenvalue weighted by Crippen LogP contribution is -2.21. The third-order valence-corrected chi connectivity index (χ3v) is 6.10. The van der Waals surface area contributed by atoms with Crippen LogP contribution in [0.2, 0.25) is 0 Å². The summed E-state index contributed by atoms with van der Waals surface area (Å²) >= 11 is 3.89. The van der Waals surface area contributed by atoms with Gasteiger partial charge in [-0.15, -0.1) is 21.5 Å². The number of nitrogens with one attached hydrogen (secondary N) is 2. The molecule has 4 aromatic rings. The maximum Gasteiger partial charge on any atom is 0.277 e. The van der Waals surface area contributed by atoms with Gasteiger partial charge in [-0.25, -0.2) is 4.98 Å². The number of fused-ring (bicyclic) bond motifs is 1. The van der Waals surface area contributed by atoms with Crippen LogP contribution >= 0.6 is 34.4 Å². The Labute approximate surface area is 171 Å². The van der Waals surface area contributed by atoms with Crippen LogP contribution in [0.25, 0.3) is 10.2 Å². The van der Waals surface area contributed by atoms with E-state index in [-0.39, 0.29) is 35.2 Å². The lowest BCUT2D eigenvalue weighted by atomic mass is 10.3. The number of anilines is 1. The molecule has 2 amide bonds. The Morgan fingerprint density at radius 2 is 2.04 bits per heavy atom. The van der Waals surface area contributed by atoms with E-state index >= 15 is 0 Å². The number of nitrogens with zero attached hydrogens (tertiary/aromatic N) is 3. The molecule has 0 aliphatic carbocycles. The first-order valence-corrected chi connectivity index (χ1v) is 10.8. The number of carbonyl (C=O) groups is 2. The molecular weight excluding hydrogens is 418 g/mol. The highest BCUT2D eigenvalue weighted by Gasteiger charge is 2.13. The molecular formula is C17H13N5O3S3. The smallest absolute Gasteiger partial charge is 0.277 e. The first-order valence-electron chi connectivity index (χ1n) is 8.10. The van der Waals surface area contributed by atoms with E-state index in [0.717, 1.165) is 22.0 Å². The van der Waals surface area contributed by atoms with Gasteiger partial charge in [0.15, 0.2) is 5.13 Å². The minimum absolute atomic E-state index is 0.110. The molecule has 1 aromatic carbocycles. The Bertz CT molecular complexity index is 1070. The normalized spacial score (nSPS) is 10.9. The predicted octanol–water partition coefficient (Wildman–Crippen LogP) is 3.40. The molecule has 28 heavy (non-hydrogen) atoms. The Morgan fingerprint density at radius 3 is 2.86 bits per heavy atom. The average molecular weight is 432 g/mol. The number of para-hydroxylation sites is 1. The summed E-state index contributed by atoms with van der Waals surface area (Å²) in [7, 11) is 0. The van der Waals surface area contributed by atoms with Crippen LogP contribution in [0.3, 0.4) is 0 Å². The molecule has 3 heterocycles. The fraction of sp³-hybridized carbons (Fsp3) is 0.118. The molecule has 0 radical (unpaired) electrons. The predicted molar refractivity (Wildman–Crippen MR) is 109 cm³/mol. The fourth-order valence-electron chi connectivity index (χ4n) is 2.23. The molecule has 4 rings (SSSR count). The minimum atomic E-state index is -0.213. The van der Waals surface area contributed by atoms with Gasteiger partial charge in [0, 0.05) is 0 Å². The van der Waals surface area contributed by atoms with Gasteiger partial charge in [-0.05, 0) is 23.6 Å². The van der Waals surface area contributed by atoms with Crippen molar-refractivity contribution in [3.05, 3.63) is 52.5 Å². The second-order valence-electron chi connectivity index (χ2n) is 5.45. The third-order valence-electron chi connectivity index (χ3n) is 3.46. The van der Waals surface area contributed by atoms with Gasteiger partial charge < -0.3 is 15.1 Å². The van der Waals surface area contributed by atoms with Gasteiger partial charge in [-0.2, -0.15) is 0 Å². The van der Waals surface area contributed by atoms with Crippen LogP contribution < -0.4 is 10.6 Å². The number of hydrogen-bond acceptors (Lipinski definition) is 9. The molecule has 142 valence electrons. The Morgan fingerprint density at radius 1 is 1.14 bits per heavy atom. The molecule has 0 bridgehead atoms. The summed E-state index contributed by atoms with van der Waals surface area (Å²) in [6.45, 7) is 0.127. The van der Waals surface area contributed by atoms with Gasteiger partial charge in [0.1, 0.15) is 0 Å². The molecule has 0 saturated carbocycles. The van der Waals surface area contributed by atoms with E-state index < -0.39 is 0 Å². The first-order chi connectivity index (χ1) is 13.7. The summed E-state index contributed by atoms with van der Waals surface area (Å²) in [5.41, 5.74) is 0.849. The lowest BCUT2D eigenvalue weighted by molar-refractivity contribution is -0.113.